The Bertz CT molecular complexity index is 816. The van der Waals surface area contributed by atoms with Crippen LogP contribution in [0.3, 0.4) is 0 Å². The van der Waals surface area contributed by atoms with Crippen molar-refractivity contribution in [3.63, 3.8) is 0 Å². The highest BCUT2D eigenvalue weighted by Gasteiger charge is 2.40. The van der Waals surface area contributed by atoms with Gasteiger partial charge in [0.2, 0.25) is 0 Å². The molecule has 0 saturated carbocycles. The van der Waals surface area contributed by atoms with Gasteiger partial charge in [0.15, 0.2) is 22.9 Å². The third kappa shape index (κ3) is 3.98. The first-order chi connectivity index (χ1) is 12.9. The number of rotatable bonds is 8. The van der Waals surface area contributed by atoms with Crippen LogP contribution in [0.15, 0.2) is 59.9 Å². The second-order valence-electron chi connectivity index (χ2n) is 6.12. The number of benzene rings is 1. The van der Waals surface area contributed by atoms with E-state index in [1.165, 1.54) is 13.2 Å². The highest BCUT2D eigenvalue weighted by Crippen LogP contribution is 2.38. The zero-order valence-corrected chi connectivity index (χ0v) is 16.5. The van der Waals surface area contributed by atoms with E-state index in [1.54, 1.807) is 27.4 Å². The minimum Gasteiger partial charge on any atom is -0.497 e. The van der Waals surface area contributed by atoms with Crippen LogP contribution in [-0.2, 0) is 14.3 Å². The van der Waals surface area contributed by atoms with Gasteiger partial charge >= 0.3 is 0 Å². The molecule has 27 heavy (non-hydrogen) atoms. The predicted molar refractivity (Wildman–Crippen MR) is 106 cm³/mol. The monoisotopic (exact) mass is 370 g/mol. The summed E-state index contributed by atoms with van der Waals surface area (Å²) in [6, 6.07) is 5.64. The number of carbonyl (C=O) groups is 1. The first kappa shape index (κ1) is 20.5. The average Bonchev–Trinajstić information content (AvgIpc) is 2.69. The van der Waals surface area contributed by atoms with Crippen LogP contribution in [0.25, 0.3) is 6.08 Å². The zero-order valence-electron chi connectivity index (χ0n) is 16.5. The van der Waals surface area contributed by atoms with Gasteiger partial charge in [-0.05, 0) is 42.7 Å². The lowest BCUT2D eigenvalue weighted by atomic mass is 9.82. The number of hydrogen-bond acceptors (Lipinski definition) is 5. The van der Waals surface area contributed by atoms with E-state index in [4.69, 9.17) is 18.9 Å². The van der Waals surface area contributed by atoms with Gasteiger partial charge in [0.25, 0.3) is 0 Å². The summed E-state index contributed by atoms with van der Waals surface area (Å²) in [5.41, 5.74) is 1.42. The smallest absolute Gasteiger partial charge is 0.185 e. The summed E-state index contributed by atoms with van der Waals surface area (Å²) in [5, 5.41) is 0. The number of allylic oxidation sites excluding steroid dienone is 3. The Morgan fingerprint density at radius 2 is 1.81 bits per heavy atom. The number of carbonyl (C=O) groups excluding carboxylic acids is 1. The molecule has 1 aromatic carbocycles. The van der Waals surface area contributed by atoms with E-state index >= 15 is 0 Å². The molecule has 2 rings (SSSR count). The molecule has 0 heterocycles. The maximum atomic E-state index is 12.3. The van der Waals surface area contributed by atoms with E-state index in [1.807, 2.05) is 37.3 Å². The van der Waals surface area contributed by atoms with Gasteiger partial charge in [0, 0.05) is 18.8 Å². The van der Waals surface area contributed by atoms with Crippen LogP contribution < -0.4 is 9.47 Å². The van der Waals surface area contributed by atoms with Gasteiger partial charge in [0.1, 0.15) is 5.76 Å². The second kappa shape index (κ2) is 8.73. The Morgan fingerprint density at radius 1 is 1.11 bits per heavy atom. The SMILES string of the molecule is C=CCC1=CC(OC)(C(C)=Cc2ccc(OC)c(OC)c2)C(OC)=CC1=O. The minimum absolute atomic E-state index is 0.0988. The molecule has 0 aromatic heterocycles. The fraction of sp³-hybridized carbons (Fsp3) is 0.318. The van der Waals surface area contributed by atoms with Gasteiger partial charge < -0.3 is 18.9 Å². The normalized spacial score (nSPS) is 19.9. The van der Waals surface area contributed by atoms with Crippen molar-refractivity contribution in [2.75, 3.05) is 28.4 Å². The maximum Gasteiger partial charge on any atom is 0.185 e. The molecule has 0 bridgehead atoms. The summed E-state index contributed by atoms with van der Waals surface area (Å²) in [4.78, 5) is 12.3. The summed E-state index contributed by atoms with van der Waals surface area (Å²) >= 11 is 0. The van der Waals surface area contributed by atoms with Crippen LogP contribution in [-0.4, -0.2) is 39.8 Å². The molecule has 0 N–H and O–H groups in total. The zero-order chi connectivity index (χ0) is 20.0. The largest absolute Gasteiger partial charge is 0.497 e. The van der Waals surface area contributed by atoms with Crippen molar-refractivity contribution >= 4 is 11.9 Å². The molecular weight excluding hydrogens is 344 g/mol. The molecule has 0 aliphatic heterocycles. The third-order valence-corrected chi connectivity index (χ3v) is 4.60. The summed E-state index contributed by atoms with van der Waals surface area (Å²) in [6.07, 6.45) is 7.41. The van der Waals surface area contributed by atoms with Crippen molar-refractivity contribution in [2.45, 2.75) is 18.9 Å². The maximum absolute atomic E-state index is 12.3. The van der Waals surface area contributed by atoms with Crippen LogP contribution >= 0.6 is 0 Å². The molecule has 0 spiro atoms. The molecule has 0 fully saturated rings. The number of ether oxygens (including phenoxy) is 4. The molecule has 5 heteroatoms. The Kier molecular flexibility index (Phi) is 6.64. The van der Waals surface area contributed by atoms with Crippen LogP contribution in [0.1, 0.15) is 18.9 Å². The molecule has 144 valence electrons. The van der Waals surface area contributed by atoms with Crippen LogP contribution in [0.4, 0.5) is 0 Å². The molecule has 1 aliphatic carbocycles. The van der Waals surface area contributed by atoms with Crippen LogP contribution in [0, 0.1) is 0 Å². The van der Waals surface area contributed by atoms with E-state index in [-0.39, 0.29) is 5.78 Å². The van der Waals surface area contributed by atoms with Crippen LogP contribution in [0.2, 0.25) is 0 Å². The fourth-order valence-corrected chi connectivity index (χ4v) is 3.16. The first-order valence-electron chi connectivity index (χ1n) is 8.54. The summed E-state index contributed by atoms with van der Waals surface area (Å²) in [5.74, 6) is 1.63. The number of ketones is 1. The highest BCUT2D eigenvalue weighted by atomic mass is 16.5. The molecule has 1 aliphatic rings. The Labute approximate surface area is 160 Å². The van der Waals surface area contributed by atoms with Crippen LogP contribution in [0.5, 0.6) is 11.5 Å². The minimum atomic E-state index is -0.964. The third-order valence-electron chi connectivity index (χ3n) is 4.60. The fourth-order valence-electron chi connectivity index (χ4n) is 3.16. The van der Waals surface area contributed by atoms with Gasteiger partial charge in [-0.1, -0.05) is 18.2 Å². The molecule has 0 saturated heterocycles. The predicted octanol–water partition coefficient (Wildman–Crippen LogP) is 4.11. The number of hydrogen-bond donors (Lipinski definition) is 0. The Balaban J connectivity index is 2.56. The lowest BCUT2D eigenvalue weighted by Crippen LogP contribution is -2.37. The van der Waals surface area contributed by atoms with E-state index in [9.17, 15) is 4.79 Å². The molecule has 5 nitrogen and oxygen atoms in total. The van der Waals surface area contributed by atoms with E-state index in [0.717, 1.165) is 11.1 Å². The second-order valence-corrected chi connectivity index (χ2v) is 6.12. The van der Waals surface area contributed by atoms with Crippen molar-refractivity contribution in [2.24, 2.45) is 0 Å². The molecular formula is C22H26O5. The van der Waals surface area contributed by atoms with E-state index in [2.05, 4.69) is 6.58 Å². The topological polar surface area (TPSA) is 54.0 Å². The standard InChI is InChI=1S/C22H26O5/c1-7-8-17-14-22(27-6,21(26-5)13-18(17)23)15(2)11-16-9-10-19(24-3)20(12-16)25-4/h7,9-14H,1,8H2,2-6H3. The van der Waals surface area contributed by atoms with Crippen molar-refractivity contribution in [1.82, 2.24) is 0 Å². The van der Waals surface area contributed by atoms with E-state index < -0.39 is 5.60 Å². The first-order valence-corrected chi connectivity index (χ1v) is 8.54. The molecule has 0 radical (unpaired) electrons. The van der Waals surface area contributed by atoms with Gasteiger partial charge in [-0.3, -0.25) is 4.79 Å². The summed E-state index contributed by atoms with van der Waals surface area (Å²) in [6.45, 7) is 5.66. The van der Waals surface area contributed by atoms with Crippen molar-refractivity contribution in [3.8, 4) is 11.5 Å². The van der Waals surface area contributed by atoms with Gasteiger partial charge in [-0.25, -0.2) is 0 Å². The highest BCUT2D eigenvalue weighted by molar-refractivity contribution is 6.06. The van der Waals surface area contributed by atoms with Gasteiger partial charge in [-0.2, -0.15) is 0 Å². The van der Waals surface area contributed by atoms with Crippen molar-refractivity contribution < 1.29 is 23.7 Å². The van der Waals surface area contributed by atoms with Gasteiger partial charge in [-0.15, -0.1) is 6.58 Å². The Hall–Kier alpha value is -2.79. The Morgan fingerprint density at radius 3 is 2.37 bits per heavy atom. The molecule has 1 atom stereocenters. The van der Waals surface area contributed by atoms with E-state index in [0.29, 0.717) is 29.3 Å². The lowest BCUT2D eigenvalue weighted by molar-refractivity contribution is -0.112. The van der Waals surface area contributed by atoms with Crippen molar-refractivity contribution in [1.29, 1.82) is 0 Å². The summed E-state index contributed by atoms with van der Waals surface area (Å²) in [7, 11) is 6.32. The summed E-state index contributed by atoms with van der Waals surface area (Å²) < 4.78 is 22.0. The average molecular weight is 370 g/mol. The lowest BCUT2D eigenvalue weighted by Gasteiger charge is -2.35. The number of methoxy groups -OCH3 is 4. The van der Waals surface area contributed by atoms with Crippen molar-refractivity contribution in [3.05, 3.63) is 65.5 Å². The molecule has 1 aromatic rings. The molecule has 1 unspecified atom stereocenters. The molecule has 0 amide bonds. The quantitative estimate of drug-likeness (QED) is 0.645. The van der Waals surface area contributed by atoms with Gasteiger partial charge in [0.05, 0.1) is 21.3 Å².